The molecule has 11 aromatic carbocycles. The van der Waals surface area contributed by atoms with Crippen molar-refractivity contribution in [3.63, 3.8) is 0 Å². The number of rotatable bonds is 5. The van der Waals surface area contributed by atoms with Gasteiger partial charge in [-0.15, -0.1) is 0 Å². The molecule has 6 aliphatic carbocycles. The van der Waals surface area contributed by atoms with Crippen molar-refractivity contribution in [1.82, 2.24) is 4.40 Å². The monoisotopic (exact) mass is 968 g/mol. The minimum absolute atomic E-state index is 0.120. The molecule has 76 heavy (non-hydrogen) atoms. The van der Waals surface area contributed by atoms with Crippen molar-refractivity contribution >= 4 is 66.7 Å². The summed E-state index contributed by atoms with van der Waals surface area (Å²) in [7, 11) is 0. The van der Waals surface area contributed by atoms with E-state index in [1.165, 1.54) is 22.3 Å². The van der Waals surface area contributed by atoms with Gasteiger partial charge in [-0.05, 0) is 115 Å². The molecular weight excluding hydrogens is 925 g/mol. The minimum Gasteiger partial charge on any atom is -0.309 e. The van der Waals surface area contributed by atoms with Crippen LogP contribution in [0.1, 0.15) is 100 Å². The van der Waals surface area contributed by atoms with Crippen LogP contribution in [-0.2, 0) is 0 Å². The second-order valence-electron chi connectivity index (χ2n) is 21.2. The summed E-state index contributed by atoms with van der Waals surface area (Å²) in [6, 6.07) is 87.1. The van der Waals surface area contributed by atoms with Gasteiger partial charge >= 0.3 is 0 Å². The number of ketones is 2. The maximum absolute atomic E-state index is 15.6. The fourth-order valence-electron chi connectivity index (χ4n) is 14.5. The lowest BCUT2D eigenvalue weighted by Gasteiger charge is -2.30. The quantitative estimate of drug-likeness (QED) is 0.173. The Labute approximate surface area is 438 Å². The van der Waals surface area contributed by atoms with Gasteiger partial charge in [-0.3, -0.25) is 9.59 Å². The van der Waals surface area contributed by atoms with Crippen LogP contribution >= 0.6 is 0 Å². The number of carbonyl (C=O) groups is 2. The number of hydrogen-bond donors (Lipinski definition) is 0. The number of aromatic nitrogens is 1. The normalized spacial score (nSPS) is 17.5. The Balaban J connectivity index is 1.02. The van der Waals surface area contributed by atoms with Crippen LogP contribution < -0.4 is 4.90 Å². The van der Waals surface area contributed by atoms with Crippen LogP contribution in [0.25, 0.3) is 60.3 Å². The minimum atomic E-state index is -0.408. The maximum Gasteiger partial charge on any atom is 0.175 e. The van der Waals surface area contributed by atoms with E-state index in [-0.39, 0.29) is 23.4 Å². The predicted molar refractivity (Wildman–Crippen MR) is 307 cm³/mol. The van der Waals surface area contributed by atoms with Crippen molar-refractivity contribution in [1.29, 1.82) is 0 Å². The Kier molecular flexibility index (Phi) is 8.50. The molecule has 6 aliphatic rings. The molecule has 4 bridgehead atoms. The maximum atomic E-state index is 15.6. The van der Waals surface area contributed by atoms with Crippen LogP contribution in [0, 0.1) is 0 Å². The number of anilines is 3. The summed E-state index contributed by atoms with van der Waals surface area (Å²) in [5.41, 5.74) is 23.3. The zero-order valence-corrected chi connectivity index (χ0v) is 41.1. The second kappa shape index (κ2) is 15.5. The second-order valence-corrected chi connectivity index (χ2v) is 21.2. The number of carbonyl (C=O) groups excluding carboxylic acids is 2. The molecule has 4 nitrogen and oxygen atoms in total. The summed E-state index contributed by atoms with van der Waals surface area (Å²) in [4.78, 5) is 33.7. The van der Waals surface area contributed by atoms with E-state index in [0.717, 1.165) is 122 Å². The van der Waals surface area contributed by atoms with Crippen molar-refractivity contribution in [3.8, 4) is 22.3 Å². The first-order valence-corrected chi connectivity index (χ1v) is 26.5. The van der Waals surface area contributed by atoms with Gasteiger partial charge in [-0.1, -0.05) is 194 Å². The summed E-state index contributed by atoms with van der Waals surface area (Å²) in [6.45, 7) is 0. The zero-order chi connectivity index (χ0) is 49.9. The summed E-state index contributed by atoms with van der Waals surface area (Å²) < 4.78 is 2.39. The van der Waals surface area contributed by atoms with Crippen LogP contribution in [-0.4, -0.2) is 16.0 Å². The third-order valence-corrected chi connectivity index (χ3v) is 17.6. The molecule has 19 rings (SSSR count). The SMILES string of the molecule is O=C1c2cc3c(cc2C2c4ccccc4C1c1ccccc12)c1cc(N(c2ccccc2-c2ccccc2)c2ccccc2-c2ccccc2)cc2c4cc5c(cc4n3c12)C(=O)C1c2ccccc2C5c2ccccc21. The van der Waals surface area contributed by atoms with Crippen molar-refractivity contribution in [2.45, 2.75) is 23.7 Å². The van der Waals surface area contributed by atoms with Crippen molar-refractivity contribution in [2.24, 2.45) is 0 Å². The molecule has 4 heteroatoms. The van der Waals surface area contributed by atoms with E-state index >= 15 is 9.59 Å². The molecule has 2 heterocycles. The Bertz CT molecular complexity index is 4280. The average Bonchev–Trinajstić information content (AvgIpc) is 3.94. The van der Waals surface area contributed by atoms with Gasteiger partial charge in [-0.25, -0.2) is 0 Å². The lowest BCUT2D eigenvalue weighted by Crippen LogP contribution is -2.19. The number of para-hydroxylation sites is 2. The summed E-state index contributed by atoms with van der Waals surface area (Å²) in [5, 5.41) is 4.33. The van der Waals surface area contributed by atoms with Crippen LogP contribution in [0.3, 0.4) is 0 Å². The third kappa shape index (κ3) is 5.52. The molecule has 0 unspecified atom stereocenters. The van der Waals surface area contributed by atoms with Gasteiger partial charge in [0.2, 0.25) is 0 Å². The van der Waals surface area contributed by atoms with Crippen LogP contribution in [0.5, 0.6) is 0 Å². The van der Waals surface area contributed by atoms with Crippen LogP contribution in [0.4, 0.5) is 17.1 Å². The summed E-state index contributed by atoms with van der Waals surface area (Å²) in [6.07, 6.45) is 0. The first kappa shape index (κ1) is 41.8. The Morgan fingerprint density at radius 3 is 1.00 bits per heavy atom. The Morgan fingerprint density at radius 2 is 0.618 bits per heavy atom. The van der Waals surface area contributed by atoms with E-state index in [9.17, 15) is 0 Å². The highest BCUT2D eigenvalue weighted by Crippen LogP contribution is 2.57. The smallest absolute Gasteiger partial charge is 0.175 e. The van der Waals surface area contributed by atoms with Crippen molar-refractivity contribution in [2.75, 3.05) is 4.90 Å². The van der Waals surface area contributed by atoms with Crippen molar-refractivity contribution in [3.05, 3.63) is 309 Å². The van der Waals surface area contributed by atoms with Crippen molar-refractivity contribution < 1.29 is 9.59 Å². The number of hydrogen-bond acceptors (Lipinski definition) is 3. The molecule has 0 amide bonds. The Hall–Kier alpha value is -9.64. The van der Waals surface area contributed by atoms with Gasteiger partial charge in [0.05, 0.1) is 39.8 Å². The number of nitrogens with zero attached hydrogens (tertiary/aromatic N) is 2. The summed E-state index contributed by atoms with van der Waals surface area (Å²) >= 11 is 0. The lowest BCUT2D eigenvalue weighted by atomic mass is 9.72. The van der Waals surface area contributed by atoms with E-state index in [2.05, 4.69) is 252 Å². The van der Waals surface area contributed by atoms with Gasteiger partial charge in [0, 0.05) is 61.3 Å². The molecule has 0 saturated carbocycles. The van der Waals surface area contributed by atoms with E-state index < -0.39 is 11.8 Å². The van der Waals surface area contributed by atoms with Gasteiger partial charge in [-0.2, -0.15) is 0 Å². The largest absolute Gasteiger partial charge is 0.309 e. The summed E-state index contributed by atoms with van der Waals surface area (Å²) in [5.74, 6) is -0.807. The van der Waals surface area contributed by atoms with Crippen LogP contribution in [0.15, 0.2) is 243 Å². The molecule has 0 N–H and O–H groups in total. The first-order chi connectivity index (χ1) is 37.6. The van der Waals surface area contributed by atoms with Gasteiger partial charge in [0.1, 0.15) is 0 Å². The third-order valence-electron chi connectivity index (χ3n) is 17.6. The molecule has 2 aromatic heterocycles. The predicted octanol–water partition coefficient (Wildman–Crippen LogP) is 17.3. The molecular formula is C72H44N2O2. The van der Waals surface area contributed by atoms with Gasteiger partial charge in [0.25, 0.3) is 0 Å². The topological polar surface area (TPSA) is 41.8 Å². The fourth-order valence-corrected chi connectivity index (χ4v) is 14.5. The average molecular weight is 969 g/mol. The molecule has 0 fully saturated rings. The molecule has 0 spiro atoms. The van der Waals surface area contributed by atoms with Gasteiger partial charge < -0.3 is 9.30 Å². The van der Waals surface area contributed by atoms with E-state index in [0.29, 0.717) is 0 Å². The highest BCUT2D eigenvalue weighted by atomic mass is 16.1. The van der Waals surface area contributed by atoms with Crippen LogP contribution in [0.2, 0.25) is 0 Å². The molecule has 0 aliphatic heterocycles. The number of Topliss-reactive ketones (excluding diaryl/α,β-unsaturated/α-hetero) is 2. The number of fused-ring (bicyclic) bond motifs is 6. The molecule has 0 radical (unpaired) electrons. The van der Waals surface area contributed by atoms with Gasteiger partial charge in [0.15, 0.2) is 11.6 Å². The van der Waals surface area contributed by atoms with E-state index in [1.54, 1.807) is 0 Å². The highest BCUT2D eigenvalue weighted by Gasteiger charge is 2.45. The fraction of sp³-hybridized carbons (Fsp3) is 0.0556. The highest BCUT2D eigenvalue weighted by molar-refractivity contribution is 6.27. The van der Waals surface area contributed by atoms with E-state index in [4.69, 9.17) is 0 Å². The first-order valence-electron chi connectivity index (χ1n) is 26.5. The Morgan fingerprint density at radius 1 is 0.289 bits per heavy atom. The molecule has 13 aromatic rings. The molecule has 354 valence electrons. The molecule has 0 saturated heterocycles. The standard InChI is InChI=1S/C72H44N2O2/c75-71-60-39-64-54(37-56(60)66-46-25-7-11-29-50(46)68(71)51-30-12-8-26-47(51)66)58-35-43(73(62-33-17-15-23-44(62)41-19-3-1-4-20-41)63-34-18-16-24-45(63)42-21-5-2-6-22-42)36-59-55-38-57-61(40-65(55)74(64)70(58)59)72(76)69-52-31-13-9-27-48(52)67(57)49-28-10-14-32-53(49)69/h1-40,66-69H. The molecule has 0 atom stereocenters. The number of benzene rings is 11. The van der Waals surface area contributed by atoms with E-state index in [1.807, 2.05) is 0 Å². The zero-order valence-electron chi connectivity index (χ0n) is 41.1. The lowest BCUT2D eigenvalue weighted by molar-refractivity contribution is 0.0966.